The Morgan fingerprint density at radius 2 is 2.29 bits per heavy atom. The van der Waals surface area contributed by atoms with Gasteiger partial charge in [0.15, 0.2) is 0 Å². The van der Waals surface area contributed by atoms with Crippen molar-refractivity contribution in [3.63, 3.8) is 0 Å². The third-order valence-electron chi connectivity index (χ3n) is 2.16. The Hall–Kier alpha value is -1.33. The van der Waals surface area contributed by atoms with E-state index in [1.165, 1.54) is 13.4 Å². The van der Waals surface area contributed by atoms with Gasteiger partial charge in [0.2, 0.25) is 5.76 Å². The fourth-order valence-corrected chi connectivity index (χ4v) is 1.34. The van der Waals surface area contributed by atoms with E-state index in [9.17, 15) is 4.79 Å². The number of hydrogen-bond acceptors (Lipinski definition) is 5. The summed E-state index contributed by atoms with van der Waals surface area (Å²) in [6.07, 6.45) is 1.71. The topological polar surface area (TPSA) is 60.7 Å². The Labute approximate surface area is 101 Å². The fraction of sp³-hybridized carbons (Fsp3) is 0.583. The van der Waals surface area contributed by atoms with Crippen molar-refractivity contribution in [3.8, 4) is 0 Å². The van der Waals surface area contributed by atoms with Crippen LogP contribution in [0.25, 0.3) is 0 Å². The minimum Gasteiger partial charge on any atom is -0.463 e. The molecule has 1 aromatic heterocycles. The maximum Gasteiger partial charge on any atom is 0.374 e. The molecule has 1 rings (SSSR count). The molecule has 0 spiro atoms. The highest BCUT2D eigenvalue weighted by Crippen LogP contribution is 2.11. The quantitative estimate of drug-likeness (QED) is 0.580. The van der Waals surface area contributed by atoms with Gasteiger partial charge >= 0.3 is 5.97 Å². The molecular weight excluding hydrogens is 222 g/mol. The molecule has 0 aliphatic carbocycles. The third kappa shape index (κ3) is 4.58. The second-order valence-electron chi connectivity index (χ2n) is 3.86. The summed E-state index contributed by atoms with van der Waals surface area (Å²) in [7, 11) is 1.33. The van der Waals surface area contributed by atoms with Crippen LogP contribution in [0.15, 0.2) is 16.7 Å². The Balaban J connectivity index is 2.32. The van der Waals surface area contributed by atoms with E-state index < -0.39 is 5.97 Å². The minimum absolute atomic E-state index is 0.233. The highest BCUT2D eigenvalue weighted by atomic mass is 16.5. The van der Waals surface area contributed by atoms with Gasteiger partial charge in [-0.25, -0.2) is 4.79 Å². The maximum atomic E-state index is 11.3. The van der Waals surface area contributed by atoms with E-state index in [1.54, 1.807) is 6.07 Å². The van der Waals surface area contributed by atoms with Crippen LogP contribution < -0.4 is 5.32 Å². The zero-order valence-corrected chi connectivity index (χ0v) is 10.5. The van der Waals surface area contributed by atoms with Crippen LogP contribution >= 0.6 is 0 Å². The lowest BCUT2D eigenvalue weighted by Gasteiger charge is -2.08. The molecule has 17 heavy (non-hydrogen) atoms. The summed E-state index contributed by atoms with van der Waals surface area (Å²) in [4.78, 5) is 11.3. The SMILES string of the molecule is COC(=O)c1occc1CNCCOC(C)C. The van der Waals surface area contributed by atoms with Gasteiger partial charge in [-0.2, -0.15) is 0 Å². The zero-order chi connectivity index (χ0) is 12.7. The molecule has 0 aliphatic heterocycles. The zero-order valence-electron chi connectivity index (χ0n) is 10.5. The van der Waals surface area contributed by atoms with Gasteiger partial charge in [0.1, 0.15) is 0 Å². The second-order valence-corrected chi connectivity index (χ2v) is 3.86. The number of carbonyl (C=O) groups is 1. The van der Waals surface area contributed by atoms with Crippen molar-refractivity contribution in [2.45, 2.75) is 26.5 Å². The molecule has 0 amide bonds. The Morgan fingerprint density at radius 3 is 2.94 bits per heavy atom. The summed E-state index contributed by atoms with van der Waals surface area (Å²) in [5.41, 5.74) is 0.793. The molecule has 0 saturated heterocycles. The molecule has 0 radical (unpaired) electrons. The average Bonchev–Trinajstić information content (AvgIpc) is 2.75. The summed E-state index contributed by atoms with van der Waals surface area (Å²) in [5, 5.41) is 3.17. The summed E-state index contributed by atoms with van der Waals surface area (Å²) in [5.74, 6) is -0.199. The molecule has 0 unspecified atom stereocenters. The van der Waals surface area contributed by atoms with E-state index in [-0.39, 0.29) is 11.9 Å². The Bertz CT molecular complexity index is 346. The van der Waals surface area contributed by atoms with E-state index in [0.29, 0.717) is 13.2 Å². The minimum atomic E-state index is -0.453. The molecule has 0 bridgehead atoms. The molecule has 5 heteroatoms. The van der Waals surface area contributed by atoms with Crippen LogP contribution in [0.2, 0.25) is 0 Å². The summed E-state index contributed by atoms with van der Waals surface area (Å²) >= 11 is 0. The predicted molar refractivity (Wildman–Crippen MR) is 62.8 cm³/mol. The number of methoxy groups -OCH3 is 1. The van der Waals surface area contributed by atoms with Gasteiger partial charge in [0.25, 0.3) is 0 Å². The van der Waals surface area contributed by atoms with Gasteiger partial charge < -0.3 is 19.2 Å². The molecule has 0 saturated carbocycles. The Morgan fingerprint density at radius 1 is 1.53 bits per heavy atom. The molecule has 96 valence electrons. The van der Waals surface area contributed by atoms with Crippen LogP contribution in [-0.2, 0) is 16.0 Å². The average molecular weight is 241 g/mol. The van der Waals surface area contributed by atoms with Crippen LogP contribution in [0, 0.1) is 0 Å². The predicted octanol–water partition coefficient (Wildman–Crippen LogP) is 1.58. The number of ether oxygens (including phenoxy) is 2. The van der Waals surface area contributed by atoms with Gasteiger partial charge in [-0.05, 0) is 19.9 Å². The smallest absolute Gasteiger partial charge is 0.374 e. The van der Waals surface area contributed by atoms with Crippen LogP contribution in [0.4, 0.5) is 0 Å². The van der Waals surface area contributed by atoms with Crippen molar-refractivity contribution in [2.24, 2.45) is 0 Å². The van der Waals surface area contributed by atoms with Crippen molar-refractivity contribution < 1.29 is 18.7 Å². The molecule has 0 aliphatic rings. The lowest BCUT2D eigenvalue weighted by Crippen LogP contribution is -2.21. The molecule has 0 aromatic carbocycles. The Kier molecular flexibility index (Phi) is 5.72. The normalized spacial score (nSPS) is 10.8. The third-order valence-corrected chi connectivity index (χ3v) is 2.16. The standard InChI is InChI=1S/C12H19NO4/c1-9(2)16-7-5-13-8-10-4-6-17-11(10)12(14)15-3/h4,6,9,13H,5,7-8H2,1-3H3. The van der Waals surface area contributed by atoms with Crippen molar-refractivity contribution in [3.05, 3.63) is 23.7 Å². The largest absolute Gasteiger partial charge is 0.463 e. The number of furan rings is 1. The van der Waals surface area contributed by atoms with E-state index in [0.717, 1.165) is 12.1 Å². The highest BCUT2D eigenvalue weighted by molar-refractivity contribution is 5.87. The van der Waals surface area contributed by atoms with Crippen molar-refractivity contribution in [1.82, 2.24) is 5.32 Å². The lowest BCUT2D eigenvalue weighted by molar-refractivity contribution is 0.0563. The fourth-order valence-electron chi connectivity index (χ4n) is 1.34. The highest BCUT2D eigenvalue weighted by Gasteiger charge is 2.14. The monoisotopic (exact) mass is 241 g/mol. The molecule has 1 N–H and O–H groups in total. The van der Waals surface area contributed by atoms with Gasteiger partial charge in [0, 0.05) is 18.7 Å². The molecule has 0 fully saturated rings. The summed E-state index contributed by atoms with van der Waals surface area (Å²) < 4.78 is 15.1. The number of hydrogen-bond donors (Lipinski definition) is 1. The first kappa shape index (κ1) is 13.7. The molecule has 5 nitrogen and oxygen atoms in total. The van der Waals surface area contributed by atoms with Gasteiger partial charge in [0.05, 0.1) is 26.1 Å². The number of nitrogens with one attached hydrogen (secondary N) is 1. The number of rotatable bonds is 7. The van der Waals surface area contributed by atoms with Crippen LogP contribution in [-0.4, -0.2) is 32.3 Å². The van der Waals surface area contributed by atoms with E-state index >= 15 is 0 Å². The molecule has 0 atom stereocenters. The first-order valence-corrected chi connectivity index (χ1v) is 5.62. The van der Waals surface area contributed by atoms with E-state index in [1.807, 2.05) is 13.8 Å². The maximum absolute atomic E-state index is 11.3. The van der Waals surface area contributed by atoms with Crippen molar-refractivity contribution in [2.75, 3.05) is 20.3 Å². The summed E-state index contributed by atoms with van der Waals surface area (Å²) in [6.45, 7) is 5.91. The van der Waals surface area contributed by atoms with Gasteiger partial charge in [-0.15, -0.1) is 0 Å². The van der Waals surface area contributed by atoms with Crippen molar-refractivity contribution >= 4 is 5.97 Å². The molecule has 1 heterocycles. The van der Waals surface area contributed by atoms with Crippen LogP contribution in [0.5, 0.6) is 0 Å². The summed E-state index contributed by atoms with van der Waals surface area (Å²) in [6, 6.07) is 1.75. The van der Waals surface area contributed by atoms with E-state index in [4.69, 9.17) is 9.15 Å². The van der Waals surface area contributed by atoms with Crippen molar-refractivity contribution in [1.29, 1.82) is 0 Å². The first-order chi connectivity index (χ1) is 8.15. The molecular formula is C12H19NO4. The van der Waals surface area contributed by atoms with Gasteiger partial charge in [-0.3, -0.25) is 0 Å². The number of esters is 1. The second kappa shape index (κ2) is 7.09. The first-order valence-electron chi connectivity index (χ1n) is 5.62. The van der Waals surface area contributed by atoms with Gasteiger partial charge in [-0.1, -0.05) is 0 Å². The lowest BCUT2D eigenvalue weighted by atomic mass is 10.2. The molecule has 1 aromatic rings. The van der Waals surface area contributed by atoms with E-state index in [2.05, 4.69) is 10.1 Å². The van der Waals surface area contributed by atoms with Crippen LogP contribution in [0.3, 0.4) is 0 Å². The van der Waals surface area contributed by atoms with Crippen LogP contribution in [0.1, 0.15) is 30.0 Å². The number of carbonyl (C=O) groups excluding carboxylic acids is 1.